The molecule has 114 valence electrons. The van der Waals surface area contributed by atoms with E-state index in [1.54, 1.807) is 20.5 Å². The first-order valence-corrected chi connectivity index (χ1v) is 7.02. The van der Waals surface area contributed by atoms with Crippen molar-refractivity contribution in [1.29, 1.82) is 0 Å². The first-order chi connectivity index (χ1) is 9.78. The maximum Gasteiger partial charge on any atom is 0.137 e. The largest absolute Gasteiger partial charge is 0.385 e. The molecule has 0 atom stereocenters. The summed E-state index contributed by atoms with van der Waals surface area (Å²) in [5, 5.41) is 3.13. The highest BCUT2D eigenvalue weighted by Gasteiger charge is 2.15. The minimum absolute atomic E-state index is 0.676. The fourth-order valence-electron chi connectivity index (χ4n) is 2.14. The van der Waals surface area contributed by atoms with E-state index in [0.29, 0.717) is 6.61 Å². The molecule has 1 aromatic heterocycles. The zero-order chi connectivity index (χ0) is 14.8. The van der Waals surface area contributed by atoms with Crippen LogP contribution < -0.4 is 10.2 Å². The highest BCUT2D eigenvalue weighted by molar-refractivity contribution is 5.58. The van der Waals surface area contributed by atoms with E-state index in [2.05, 4.69) is 27.1 Å². The van der Waals surface area contributed by atoms with E-state index in [1.165, 1.54) is 0 Å². The van der Waals surface area contributed by atoms with E-state index in [9.17, 15) is 0 Å². The summed E-state index contributed by atoms with van der Waals surface area (Å²) < 4.78 is 10.3. The van der Waals surface area contributed by atoms with Crippen LogP contribution in [0, 0.1) is 0 Å². The second kappa shape index (κ2) is 9.50. The van der Waals surface area contributed by atoms with Gasteiger partial charge < -0.3 is 19.7 Å². The summed E-state index contributed by atoms with van der Waals surface area (Å²) in [5.41, 5.74) is 1.14. The zero-order valence-corrected chi connectivity index (χ0v) is 13.0. The Morgan fingerprint density at radius 1 is 1.15 bits per heavy atom. The van der Waals surface area contributed by atoms with Gasteiger partial charge in [-0.05, 0) is 12.8 Å². The number of anilines is 2. The van der Waals surface area contributed by atoms with Crippen LogP contribution in [0.25, 0.3) is 0 Å². The fraction of sp³-hybridized carbons (Fsp3) is 0.714. The molecule has 1 rings (SSSR count). The Morgan fingerprint density at radius 2 is 1.90 bits per heavy atom. The van der Waals surface area contributed by atoms with Crippen molar-refractivity contribution in [3.63, 3.8) is 0 Å². The quantitative estimate of drug-likeness (QED) is 0.657. The first kappa shape index (κ1) is 16.7. The second-order valence-corrected chi connectivity index (χ2v) is 4.45. The average Bonchev–Trinajstić information content (AvgIpc) is 2.49. The van der Waals surface area contributed by atoms with E-state index in [-0.39, 0.29) is 0 Å². The molecule has 0 amide bonds. The van der Waals surface area contributed by atoms with E-state index < -0.39 is 0 Å². The molecular weight excluding hydrogens is 256 g/mol. The van der Waals surface area contributed by atoms with Gasteiger partial charge in [-0.25, -0.2) is 9.97 Å². The van der Waals surface area contributed by atoms with Crippen LogP contribution in [0.15, 0.2) is 6.33 Å². The molecule has 1 aromatic rings. The molecule has 0 saturated heterocycles. The third-order valence-corrected chi connectivity index (χ3v) is 3.15. The molecule has 0 radical (unpaired) electrons. The summed E-state index contributed by atoms with van der Waals surface area (Å²) in [6, 6.07) is 0. The summed E-state index contributed by atoms with van der Waals surface area (Å²) >= 11 is 0. The van der Waals surface area contributed by atoms with Gasteiger partial charge in [0.1, 0.15) is 18.0 Å². The Hall–Kier alpha value is -1.40. The monoisotopic (exact) mass is 282 g/mol. The standard InChI is InChI=1S/C14H26N4O2/c1-5-12-13(15-2)16-11-17-14(12)18(8-10-20-4)7-6-9-19-3/h11H,5-10H2,1-4H3,(H,15,16,17). The van der Waals surface area contributed by atoms with Crippen LogP contribution in [0.3, 0.4) is 0 Å². The van der Waals surface area contributed by atoms with Crippen molar-refractivity contribution >= 4 is 11.6 Å². The van der Waals surface area contributed by atoms with Crippen molar-refractivity contribution < 1.29 is 9.47 Å². The van der Waals surface area contributed by atoms with Crippen molar-refractivity contribution in [2.75, 3.05) is 57.8 Å². The molecule has 0 aromatic carbocycles. The van der Waals surface area contributed by atoms with Crippen LogP contribution in [0.1, 0.15) is 18.9 Å². The number of hydrogen-bond acceptors (Lipinski definition) is 6. The molecule has 0 fully saturated rings. The molecule has 0 aliphatic heterocycles. The normalized spacial score (nSPS) is 10.6. The van der Waals surface area contributed by atoms with Crippen molar-refractivity contribution in [2.45, 2.75) is 19.8 Å². The molecule has 6 heteroatoms. The second-order valence-electron chi connectivity index (χ2n) is 4.45. The Labute approximate surface area is 121 Å². The van der Waals surface area contributed by atoms with Crippen molar-refractivity contribution in [3.05, 3.63) is 11.9 Å². The van der Waals surface area contributed by atoms with E-state index in [4.69, 9.17) is 9.47 Å². The lowest BCUT2D eigenvalue weighted by molar-refractivity contribution is 0.191. The number of rotatable bonds is 10. The number of aromatic nitrogens is 2. The van der Waals surface area contributed by atoms with Gasteiger partial charge in [-0.2, -0.15) is 0 Å². The van der Waals surface area contributed by atoms with Gasteiger partial charge in [0.15, 0.2) is 0 Å². The molecular formula is C14H26N4O2. The van der Waals surface area contributed by atoms with Crippen LogP contribution in [-0.2, 0) is 15.9 Å². The van der Waals surface area contributed by atoms with Gasteiger partial charge >= 0.3 is 0 Å². The van der Waals surface area contributed by atoms with Crippen LogP contribution in [0.5, 0.6) is 0 Å². The minimum Gasteiger partial charge on any atom is -0.385 e. The van der Waals surface area contributed by atoms with Crippen LogP contribution in [0.4, 0.5) is 11.6 Å². The molecule has 6 nitrogen and oxygen atoms in total. The maximum absolute atomic E-state index is 5.20. The third kappa shape index (κ3) is 4.61. The van der Waals surface area contributed by atoms with Gasteiger partial charge in [-0.1, -0.05) is 6.92 Å². The van der Waals surface area contributed by atoms with Gasteiger partial charge in [0.05, 0.1) is 6.61 Å². The van der Waals surface area contributed by atoms with Gasteiger partial charge in [-0.3, -0.25) is 0 Å². The predicted octanol–water partition coefficient (Wildman–Crippen LogP) is 1.57. The van der Waals surface area contributed by atoms with Crippen LogP contribution in [0.2, 0.25) is 0 Å². The van der Waals surface area contributed by atoms with Gasteiger partial charge in [0.2, 0.25) is 0 Å². The summed E-state index contributed by atoms with van der Waals surface area (Å²) in [6.07, 6.45) is 3.46. The number of nitrogens with one attached hydrogen (secondary N) is 1. The molecule has 0 spiro atoms. The zero-order valence-electron chi connectivity index (χ0n) is 13.0. The third-order valence-electron chi connectivity index (χ3n) is 3.15. The molecule has 1 N–H and O–H groups in total. The SMILES string of the molecule is CCc1c(NC)ncnc1N(CCCOC)CCOC. The lowest BCUT2D eigenvalue weighted by atomic mass is 10.2. The topological polar surface area (TPSA) is 59.5 Å². The van der Waals surface area contributed by atoms with E-state index in [1.807, 2.05) is 7.05 Å². The summed E-state index contributed by atoms with van der Waals surface area (Å²) in [4.78, 5) is 11.0. The summed E-state index contributed by atoms with van der Waals surface area (Å²) in [6.45, 7) is 5.24. The van der Waals surface area contributed by atoms with Gasteiger partial charge in [0, 0.05) is 46.5 Å². The highest BCUT2D eigenvalue weighted by atomic mass is 16.5. The molecule has 0 aliphatic rings. The van der Waals surface area contributed by atoms with Gasteiger partial charge in [0.25, 0.3) is 0 Å². The van der Waals surface area contributed by atoms with E-state index in [0.717, 1.165) is 49.7 Å². The predicted molar refractivity (Wildman–Crippen MR) is 81.5 cm³/mol. The maximum atomic E-state index is 5.20. The Kier molecular flexibility index (Phi) is 7.91. The summed E-state index contributed by atoms with van der Waals surface area (Å²) in [5.74, 6) is 1.88. The van der Waals surface area contributed by atoms with E-state index >= 15 is 0 Å². The number of methoxy groups -OCH3 is 2. The molecule has 0 unspecified atom stereocenters. The van der Waals surface area contributed by atoms with Crippen molar-refractivity contribution in [1.82, 2.24) is 9.97 Å². The lowest BCUT2D eigenvalue weighted by Gasteiger charge is -2.26. The van der Waals surface area contributed by atoms with Gasteiger partial charge in [-0.15, -0.1) is 0 Å². The lowest BCUT2D eigenvalue weighted by Crippen LogP contribution is -2.31. The molecule has 0 saturated carbocycles. The molecule has 0 aliphatic carbocycles. The van der Waals surface area contributed by atoms with Crippen molar-refractivity contribution in [2.24, 2.45) is 0 Å². The Balaban J connectivity index is 2.92. The minimum atomic E-state index is 0.676. The summed E-state index contributed by atoms with van der Waals surface area (Å²) in [7, 11) is 5.32. The van der Waals surface area contributed by atoms with Crippen molar-refractivity contribution in [3.8, 4) is 0 Å². The molecule has 1 heterocycles. The van der Waals surface area contributed by atoms with Crippen LogP contribution >= 0.6 is 0 Å². The first-order valence-electron chi connectivity index (χ1n) is 7.02. The Bertz CT molecular complexity index is 387. The van der Waals surface area contributed by atoms with Crippen LogP contribution in [-0.4, -0.2) is 57.5 Å². The smallest absolute Gasteiger partial charge is 0.137 e. The number of nitrogens with zero attached hydrogens (tertiary/aromatic N) is 3. The highest BCUT2D eigenvalue weighted by Crippen LogP contribution is 2.23. The molecule has 0 bridgehead atoms. The average molecular weight is 282 g/mol. The number of hydrogen-bond donors (Lipinski definition) is 1. The molecule has 20 heavy (non-hydrogen) atoms. The number of ether oxygens (including phenoxy) is 2. The Morgan fingerprint density at radius 3 is 2.50 bits per heavy atom. The fourth-order valence-corrected chi connectivity index (χ4v) is 2.14.